The first-order chi connectivity index (χ1) is 18.9. The summed E-state index contributed by atoms with van der Waals surface area (Å²) in [7, 11) is 0. The van der Waals surface area contributed by atoms with Crippen molar-refractivity contribution in [2.24, 2.45) is 0 Å². The minimum atomic E-state index is -0.947. The predicted octanol–water partition coefficient (Wildman–Crippen LogP) is 5.83. The lowest BCUT2D eigenvalue weighted by Crippen LogP contribution is -2.34. The number of rotatable bonds is 8. The van der Waals surface area contributed by atoms with E-state index in [1.807, 2.05) is 54.5 Å². The maximum atomic E-state index is 13.1. The van der Waals surface area contributed by atoms with E-state index in [2.05, 4.69) is 24.2 Å². The van der Waals surface area contributed by atoms with Crippen LogP contribution in [0.5, 0.6) is 5.75 Å². The molecule has 1 aliphatic heterocycles. The van der Waals surface area contributed by atoms with E-state index in [1.54, 1.807) is 35.0 Å². The molecule has 198 valence electrons. The summed E-state index contributed by atoms with van der Waals surface area (Å²) in [6.45, 7) is 5.54. The normalized spacial score (nSPS) is 12.9. The van der Waals surface area contributed by atoms with Gasteiger partial charge in [0.25, 0.3) is 5.91 Å². The molecular weight excluding hydrogens is 490 g/mol. The monoisotopic (exact) mass is 521 g/mol. The third-order valence-corrected chi connectivity index (χ3v) is 7.13. The molecule has 7 nitrogen and oxygen atoms in total. The van der Waals surface area contributed by atoms with Gasteiger partial charge >= 0.3 is 5.97 Å². The van der Waals surface area contributed by atoms with Crippen LogP contribution in [0, 0.1) is 13.8 Å². The van der Waals surface area contributed by atoms with Crippen molar-refractivity contribution < 1.29 is 19.4 Å². The molecule has 1 amide bonds. The van der Waals surface area contributed by atoms with E-state index >= 15 is 0 Å². The van der Waals surface area contributed by atoms with E-state index < -0.39 is 5.97 Å². The zero-order valence-electron chi connectivity index (χ0n) is 22.1. The van der Waals surface area contributed by atoms with Crippen molar-refractivity contribution in [2.75, 3.05) is 18.1 Å². The van der Waals surface area contributed by atoms with Crippen LogP contribution in [0.2, 0.25) is 0 Å². The molecule has 0 bridgehead atoms. The van der Waals surface area contributed by atoms with E-state index in [9.17, 15) is 14.7 Å². The quantitative estimate of drug-likeness (QED) is 0.295. The Hall–Kier alpha value is -4.65. The Labute approximate surface area is 228 Å². The lowest BCUT2D eigenvalue weighted by molar-refractivity contribution is -0.114. The molecule has 0 radical (unpaired) electrons. The highest BCUT2D eigenvalue weighted by atomic mass is 16.5. The highest BCUT2D eigenvalue weighted by molar-refractivity contribution is 6.03. The van der Waals surface area contributed by atoms with Crippen LogP contribution >= 0.6 is 0 Å². The molecule has 0 fully saturated rings. The number of carbonyl (C=O) groups is 2. The minimum Gasteiger partial charge on any atom is -0.489 e. The SMILES string of the molecule is Cc1cccc(OCC=CC(=O)N2CCCc3c(-c4cnn(Cc5cccc(C(=O)O)c5)c4)cccc32)c1C. The molecule has 39 heavy (non-hydrogen) atoms. The Bertz CT molecular complexity index is 1550. The largest absolute Gasteiger partial charge is 0.489 e. The molecule has 0 saturated carbocycles. The summed E-state index contributed by atoms with van der Waals surface area (Å²) >= 11 is 0. The van der Waals surface area contributed by atoms with Gasteiger partial charge in [0.2, 0.25) is 0 Å². The van der Waals surface area contributed by atoms with E-state index in [0.717, 1.165) is 52.1 Å². The molecule has 0 spiro atoms. The number of aromatic nitrogens is 2. The van der Waals surface area contributed by atoms with Gasteiger partial charge in [-0.2, -0.15) is 5.10 Å². The van der Waals surface area contributed by atoms with Crippen molar-refractivity contribution in [1.29, 1.82) is 0 Å². The first kappa shape index (κ1) is 26.0. The Morgan fingerprint density at radius 3 is 2.74 bits per heavy atom. The summed E-state index contributed by atoms with van der Waals surface area (Å²) in [5.41, 5.74) is 7.47. The van der Waals surface area contributed by atoms with E-state index in [0.29, 0.717) is 19.7 Å². The smallest absolute Gasteiger partial charge is 0.335 e. The average Bonchev–Trinajstić information content (AvgIpc) is 3.40. The van der Waals surface area contributed by atoms with Crippen LogP contribution in [0.3, 0.4) is 0 Å². The van der Waals surface area contributed by atoms with Crippen molar-refractivity contribution in [3.05, 3.63) is 113 Å². The molecule has 5 rings (SSSR count). The standard InChI is InChI=1S/C32H31N3O4/c1-22-8-3-14-30(23(22)2)39-17-7-15-31(36)35-16-6-12-28-27(11-5-13-29(28)35)26-19-33-34(21-26)20-24-9-4-10-25(18-24)32(37)38/h3-5,7-11,13-15,18-19,21H,6,12,16-17,20H2,1-2H3,(H,37,38). The summed E-state index contributed by atoms with van der Waals surface area (Å²) in [5.74, 6) is -0.182. The Kier molecular flexibility index (Phi) is 7.59. The number of carboxylic acid groups (broad SMARTS) is 1. The molecule has 1 aromatic heterocycles. The average molecular weight is 522 g/mol. The lowest BCUT2D eigenvalue weighted by atomic mass is 9.93. The van der Waals surface area contributed by atoms with Gasteiger partial charge in [-0.15, -0.1) is 0 Å². The summed E-state index contributed by atoms with van der Waals surface area (Å²) < 4.78 is 7.67. The summed E-state index contributed by atoms with van der Waals surface area (Å²) in [6.07, 6.45) is 8.90. The molecule has 4 aromatic rings. The predicted molar refractivity (Wildman–Crippen MR) is 151 cm³/mol. The van der Waals surface area contributed by atoms with Crippen LogP contribution in [-0.4, -0.2) is 39.9 Å². The maximum absolute atomic E-state index is 13.1. The fourth-order valence-corrected chi connectivity index (χ4v) is 4.96. The molecule has 0 saturated heterocycles. The zero-order chi connectivity index (χ0) is 27.4. The van der Waals surface area contributed by atoms with Crippen LogP contribution in [0.25, 0.3) is 11.1 Å². The van der Waals surface area contributed by atoms with Gasteiger partial charge in [-0.05, 0) is 84.8 Å². The second-order valence-corrected chi connectivity index (χ2v) is 9.74. The van der Waals surface area contributed by atoms with Crippen LogP contribution in [0.4, 0.5) is 5.69 Å². The maximum Gasteiger partial charge on any atom is 0.335 e. The number of anilines is 1. The van der Waals surface area contributed by atoms with E-state index in [-0.39, 0.29) is 11.5 Å². The van der Waals surface area contributed by atoms with Gasteiger partial charge in [0, 0.05) is 30.1 Å². The molecule has 3 aromatic carbocycles. The highest BCUT2D eigenvalue weighted by Crippen LogP contribution is 2.35. The number of hydrogen-bond acceptors (Lipinski definition) is 4. The summed E-state index contributed by atoms with van der Waals surface area (Å²) in [5, 5.41) is 13.8. The fraction of sp³-hybridized carbons (Fsp3) is 0.219. The zero-order valence-corrected chi connectivity index (χ0v) is 22.1. The summed E-state index contributed by atoms with van der Waals surface area (Å²) in [6, 6.07) is 18.9. The van der Waals surface area contributed by atoms with Crippen molar-refractivity contribution in [2.45, 2.75) is 33.2 Å². The lowest BCUT2D eigenvalue weighted by Gasteiger charge is -2.30. The van der Waals surface area contributed by atoms with Gasteiger partial charge in [0.15, 0.2) is 0 Å². The van der Waals surface area contributed by atoms with Crippen LogP contribution in [0.15, 0.2) is 85.2 Å². The van der Waals surface area contributed by atoms with Crippen LogP contribution < -0.4 is 9.64 Å². The number of benzene rings is 3. The third-order valence-electron chi connectivity index (χ3n) is 7.13. The first-order valence-electron chi connectivity index (χ1n) is 13.0. The van der Waals surface area contributed by atoms with Crippen molar-refractivity contribution in [1.82, 2.24) is 9.78 Å². The van der Waals surface area contributed by atoms with Gasteiger partial charge in [-0.1, -0.05) is 36.4 Å². The number of nitrogens with zero attached hydrogens (tertiary/aromatic N) is 3. The Morgan fingerprint density at radius 2 is 1.90 bits per heavy atom. The number of ether oxygens (including phenoxy) is 1. The fourth-order valence-electron chi connectivity index (χ4n) is 4.96. The molecule has 2 heterocycles. The van der Waals surface area contributed by atoms with E-state index in [1.165, 1.54) is 5.56 Å². The van der Waals surface area contributed by atoms with Gasteiger partial charge in [0.1, 0.15) is 12.4 Å². The van der Waals surface area contributed by atoms with E-state index in [4.69, 9.17) is 4.74 Å². The number of carboxylic acids is 1. The molecule has 0 unspecified atom stereocenters. The van der Waals surface area contributed by atoms with Crippen LogP contribution in [0.1, 0.15) is 39.0 Å². The van der Waals surface area contributed by atoms with Gasteiger partial charge in [0.05, 0.1) is 18.3 Å². The van der Waals surface area contributed by atoms with Gasteiger partial charge in [-0.25, -0.2) is 4.79 Å². The Morgan fingerprint density at radius 1 is 1.08 bits per heavy atom. The number of hydrogen-bond donors (Lipinski definition) is 1. The molecule has 1 N–H and O–H groups in total. The Balaban J connectivity index is 1.30. The molecule has 0 atom stereocenters. The number of amides is 1. The van der Waals surface area contributed by atoms with Crippen LogP contribution in [-0.2, 0) is 17.8 Å². The molecule has 0 aliphatic carbocycles. The first-order valence-corrected chi connectivity index (χ1v) is 13.0. The number of carbonyl (C=O) groups excluding carboxylic acids is 1. The van der Waals surface area contributed by atoms with Crippen molar-refractivity contribution in [3.63, 3.8) is 0 Å². The summed E-state index contributed by atoms with van der Waals surface area (Å²) in [4.78, 5) is 26.3. The van der Waals surface area contributed by atoms with Gasteiger partial charge < -0.3 is 14.7 Å². The van der Waals surface area contributed by atoms with Crippen molar-refractivity contribution >= 4 is 17.6 Å². The van der Waals surface area contributed by atoms with Gasteiger partial charge in [-0.3, -0.25) is 9.48 Å². The molecule has 7 heteroatoms. The highest BCUT2D eigenvalue weighted by Gasteiger charge is 2.23. The third kappa shape index (κ3) is 5.77. The molecular formula is C32H31N3O4. The second-order valence-electron chi connectivity index (χ2n) is 9.74. The topological polar surface area (TPSA) is 84.7 Å². The number of aromatic carboxylic acids is 1. The minimum absolute atomic E-state index is 0.0633. The molecule has 1 aliphatic rings. The second kappa shape index (κ2) is 11.4. The number of fused-ring (bicyclic) bond motifs is 1. The number of aryl methyl sites for hydroxylation is 1. The van der Waals surface area contributed by atoms with Crippen molar-refractivity contribution in [3.8, 4) is 16.9 Å².